The predicted octanol–water partition coefficient (Wildman–Crippen LogP) is 2.61. The number of hydrogen-bond acceptors (Lipinski definition) is 6. The van der Waals surface area contributed by atoms with Crippen molar-refractivity contribution < 1.29 is 9.53 Å². The first-order chi connectivity index (χ1) is 16.9. The minimum atomic E-state index is -0.348. The molecule has 1 amide bonds. The fourth-order valence-electron chi connectivity index (χ4n) is 4.56. The zero-order valence-electron chi connectivity index (χ0n) is 20.1. The molecule has 1 saturated heterocycles. The number of piperazine rings is 1. The lowest BCUT2D eigenvalue weighted by Crippen LogP contribution is -2.54. The van der Waals surface area contributed by atoms with Crippen LogP contribution in [0.3, 0.4) is 0 Å². The van der Waals surface area contributed by atoms with E-state index < -0.39 is 0 Å². The molecular weight excluding hydrogens is 444 g/mol. The van der Waals surface area contributed by atoms with E-state index in [9.17, 15) is 9.59 Å². The van der Waals surface area contributed by atoms with Crippen LogP contribution in [0.4, 0.5) is 5.69 Å². The number of nitrogens with zero attached hydrogens (tertiary/aromatic N) is 6. The molecule has 1 aliphatic heterocycles. The van der Waals surface area contributed by atoms with Gasteiger partial charge in [0.1, 0.15) is 24.1 Å². The van der Waals surface area contributed by atoms with Gasteiger partial charge in [-0.15, -0.1) is 0 Å². The van der Waals surface area contributed by atoms with Gasteiger partial charge in [-0.3, -0.25) is 9.59 Å². The molecule has 2 aromatic carbocycles. The molecule has 1 fully saturated rings. The Kier molecular flexibility index (Phi) is 5.98. The largest absolute Gasteiger partial charge is 0.497 e. The number of ether oxygens (including phenoxy) is 1. The summed E-state index contributed by atoms with van der Waals surface area (Å²) < 4.78 is 7.86. The summed E-state index contributed by atoms with van der Waals surface area (Å²) in [4.78, 5) is 30.3. The molecule has 2 aromatic heterocycles. The molecule has 9 heteroatoms. The second-order valence-corrected chi connectivity index (χ2v) is 8.90. The highest BCUT2D eigenvalue weighted by atomic mass is 16.5. The first kappa shape index (κ1) is 22.6. The van der Waals surface area contributed by atoms with Gasteiger partial charge in [-0.1, -0.05) is 12.1 Å². The lowest BCUT2D eigenvalue weighted by atomic mass is 10.1. The van der Waals surface area contributed by atoms with Crippen LogP contribution in [0, 0.1) is 6.92 Å². The van der Waals surface area contributed by atoms with Crippen molar-refractivity contribution in [3.8, 4) is 17.0 Å². The number of rotatable bonds is 5. The van der Waals surface area contributed by atoms with Crippen LogP contribution in [-0.4, -0.2) is 63.0 Å². The van der Waals surface area contributed by atoms with Crippen LogP contribution in [0.15, 0.2) is 65.7 Å². The third kappa shape index (κ3) is 4.49. The molecule has 4 aromatic rings. The number of fused-ring (bicyclic) bond motifs is 1. The van der Waals surface area contributed by atoms with E-state index in [-0.39, 0.29) is 24.1 Å². The van der Waals surface area contributed by atoms with Crippen molar-refractivity contribution in [3.05, 3.63) is 76.8 Å². The number of aryl methyl sites for hydroxylation is 1. The van der Waals surface area contributed by atoms with Gasteiger partial charge in [-0.25, -0.2) is 9.20 Å². The lowest BCUT2D eigenvalue weighted by Gasteiger charge is -2.41. The van der Waals surface area contributed by atoms with Gasteiger partial charge >= 0.3 is 0 Å². The molecule has 1 atom stereocenters. The van der Waals surface area contributed by atoms with Gasteiger partial charge in [-0.2, -0.15) is 10.2 Å². The number of hydrogen-bond donors (Lipinski definition) is 0. The molecule has 0 N–H and O–H groups in total. The SMILES string of the molecule is COc1ccc(-c2cc3c(=O)n(CC(=O)N4CCN(c5cccc(C)c5)[C@@H](C)C4)ncn3n2)cc1. The Morgan fingerprint density at radius 1 is 1.11 bits per heavy atom. The zero-order chi connectivity index (χ0) is 24.5. The quantitative estimate of drug-likeness (QED) is 0.444. The summed E-state index contributed by atoms with van der Waals surface area (Å²) in [5.41, 5.74) is 3.91. The van der Waals surface area contributed by atoms with E-state index in [0.29, 0.717) is 24.3 Å². The van der Waals surface area contributed by atoms with Crippen LogP contribution in [0.25, 0.3) is 16.8 Å². The maximum absolute atomic E-state index is 13.1. The van der Waals surface area contributed by atoms with Crippen molar-refractivity contribution in [1.29, 1.82) is 0 Å². The molecule has 5 rings (SSSR count). The second-order valence-electron chi connectivity index (χ2n) is 8.90. The van der Waals surface area contributed by atoms with Crippen LogP contribution >= 0.6 is 0 Å². The Morgan fingerprint density at radius 2 is 1.91 bits per heavy atom. The summed E-state index contributed by atoms with van der Waals surface area (Å²) >= 11 is 0. The number of aromatic nitrogens is 4. The number of carbonyl (C=O) groups is 1. The highest BCUT2D eigenvalue weighted by Crippen LogP contribution is 2.23. The number of carbonyl (C=O) groups excluding carboxylic acids is 1. The third-order valence-electron chi connectivity index (χ3n) is 6.47. The Labute approximate surface area is 203 Å². The minimum Gasteiger partial charge on any atom is -0.497 e. The first-order valence-electron chi connectivity index (χ1n) is 11.6. The van der Waals surface area contributed by atoms with Crippen LogP contribution in [0.1, 0.15) is 12.5 Å². The number of anilines is 1. The molecule has 0 spiro atoms. The molecular formula is C26H28N6O3. The van der Waals surface area contributed by atoms with Gasteiger partial charge in [0.15, 0.2) is 0 Å². The molecule has 0 unspecified atom stereocenters. The van der Waals surface area contributed by atoms with Gasteiger partial charge in [-0.05, 0) is 61.9 Å². The molecule has 0 bridgehead atoms. The van der Waals surface area contributed by atoms with Gasteiger partial charge < -0.3 is 14.5 Å². The monoisotopic (exact) mass is 472 g/mol. The second kappa shape index (κ2) is 9.25. The molecule has 9 nitrogen and oxygen atoms in total. The average Bonchev–Trinajstić information content (AvgIpc) is 3.31. The summed E-state index contributed by atoms with van der Waals surface area (Å²) in [6.45, 7) is 6.03. The maximum atomic E-state index is 13.1. The first-order valence-corrected chi connectivity index (χ1v) is 11.6. The van der Waals surface area contributed by atoms with E-state index >= 15 is 0 Å². The summed E-state index contributed by atoms with van der Waals surface area (Å²) in [6.07, 6.45) is 1.47. The Hall–Kier alpha value is -4.14. The number of benzene rings is 2. The van der Waals surface area contributed by atoms with E-state index in [2.05, 4.69) is 53.2 Å². The molecule has 180 valence electrons. The van der Waals surface area contributed by atoms with Crippen molar-refractivity contribution >= 4 is 17.1 Å². The molecule has 35 heavy (non-hydrogen) atoms. The highest BCUT2D eigenvalue weighted by molar-refractivity contribution is 5.76. The fraction of sp³-hybridized carbons (Fsp3) is 0.308. The van der Waals surface area contributed by atoms with Crippen molar-refractivity contribution in [2.24, 2.45) is 0 Å². The van der Waals surface area contributed by atoms with Gasteiger partial charge in [0.2, 0.25) is 5.91 Å². The summed E-state index contributed by atoms with van der Waals surface area (Å²) in [5.74, 6) is 0.628. The van der Waals surface area contributed by atoms with Crippen molar-refractivity contribution in [2.45, 2.75) is 26.4 Å². The minimum absolute atomic E-state index is 0.102. The van der Waals surface area contributed by atoms with Crippen molar-refractivity contribution in [1.82, 2.24) is 24.3 Å². The standard InChI is InChI=1S/C26H28N6O3/c1-18-5-4-6-21(13-18)30-12-11-29(15-19(30)2)25(33)16-31-26(34)24-14-23(28-32(24)17-27-31)20-7-9-22(35-3)10-8-20/h4-10,13-14,17,19H,11-12,15-16H2,1-3H3/t19-/m0/s1. The predicted molar refractivity (Wildman–Crippen MR) is 134 cm³/mol. The van der Waals surface area contributed by atoms with E-state index in [1.54, 1.807) is 13.2 Å². The van der Waals surface area contributed by atoms with Crippen LogP contribution in [0.5, 0.6) is 5.75 Å². The molecule has 0 saturated carbocycles. The maximum Gasteiger partial charge on any atom is 0.293 e. The van der Waals surface area contributed by atoms with Crippen LogP contribution in [0.2, 0.25) is 0 Å². The molecule has 1 aliphatic rings. The van der Waals surface area contributed by atoms with E-state index in [0.717, 1.165) is 17.9 Å². The lowest BCUT2D eigenvalue weighted by molar-refractivity contribution is -0.132. The number of methoxy groups -OCH3 is 1. The topological polar surface area (TPSA) is 85.0 Å². The Bertz CT molecular complexity index is 1430. The normalized spacial score (nSPS) is 16.0. The summed E-state index contributed by atoms with van der Waals surface area (Å²) in [6, 6.07) is 17.7. The van der Waals surface area contributed by atoms with Gasteiger partial charge in [0.25, 0.3) is 5.56 Å². The number of amides is 1. The average molecular weight is 473 g/mol. The molecule has 0 radical (unpaired) electrons. The van der Waals surface area contributed by atoms with Crippen molar-refractivity contribution in [2.75, 3.05) is 31.6 Å². The van der Waals surface area contributed by atoms with E-state index in [4.69, 9.17) is 4.74 Å². The third-order valence-corrected chi connectivity index (χ3v) is 6.47. The summed E-state index contributed by atoms with van der Waals surface area (Å²) in [5, 5.41) is 8.66. The fourth-order valence-corrected chi connectivity index (χ4v) is 4.56. The van der Waals surface area contributed by atoms with E-state index in [1.165, 1.54) is 26.8 Å². The van der Waals surface area contributed by atoms with Gasteiger partial charge in [0, 0.05) is 36.9 Å². The van der Waals surface area contributed by atoms with Crippen molar-refractivity contribution in [3.63, 3.8) is 0 Å². The van der Waals surface area contributed by atoms with E-state index in [1.807, 2.05) is 29.2 Å². The summed E-state index contributed by atoms with van der Waals surface area (Å²) in [7, 11) is 1.61. The molecule has 0 aliphatic carbocycles. The smallest absolute Gasteiger partial charge is 0.293 e. The highest BCUT2D eigenvalue weighted by Gasteiger charge is 2.27. The van der Waals surface area contributed by atoms with Gasteiger partial charge in [0.05, 0.1) is 12.8 Å². The van der Waals surface area contributed by atoms with Crippen LogP contribution in [-0.2, 0) is 11.3 Å². The molecule has 3 heterocycles. The Morgan fingerprint density at radius 3 is 2.63 bits per heavy atom. The zero-order valence-corrected chi connectivity index (χ0v) is 20.1. The Balaban J connectivity index is 1.30. The van der Waals surface area contributed by atoms with Crippen LogP contribution < -0.4 is 15.2 Å².